The minimum absolute atomic E-state index is 0.172. The van der Waals surface area contributed by atoms with Crippen LogP contribution in [-0.2, 0) is 20.7 Å². The minimum Gasteiger partial charge on any atom is -0.465 e. The van der Waals surface area contributed by atoms with E-state index in [-0.39, 0.29) is 18.8 Å². The highest BCUT2D eigenvalue weighted by atomic mass is 35.5. The lowest BCUT2D eigenvalue weighted by Crippen LogP contribution is -2.27. The summed E-state index contributed by atoms with van der Waals surface area (Å²) in [6.07, 6.45) is 3.13. The van der Waals surface area contributed by atoms with Gasteiger partial charge in [0.1, 0.15) is 5.92 Å². The maximum Gasteiger partial charge on any atom is 0.317 e. The molecule has 1 aromatic rings. The summed E-state index contributed by atoms with van der Waals surface area (Å²) in [4.78, 5) is 26.0. The van der Waals surface area contributed by atoms with Crippen LogP contribution in [0.1, 0.15) is 12.5 Å². The van der Waals surface area contributed by atoms with E-state index in [0.717, 1.165) is 0 Å². The van der Waals surface area contributed by atoms with E-state index < -0.39 is 11.9 Å². The smallest absolute Gasteiger partial charge is 0.317 e. The van der Waals surface area contributed by atoms with E-state index in [9.17, 15) is 9.59 Å². The largest absolute Gasteiger partial charge is 0.465 e. The summed E-state index contributed by atoms with van der Waals surface area (Å²) in [6.45, 7) is 1.92. The second-order valence-electron chi connectivity index (χ2n) is 4.93. The van der Waals surface area contributed by atoms with Crippen LogP contribution < -0.4 is 0 Å². The highest BCUT2D eigenvalue weighted by Crippen LogP contribution is 2.24. The van der Waals surface area contributed by atoms with Gasteiger partial charge < -0.3 is 9.64 Å². The van der Waals surface area contributed by atoms with Crippen LogP contribution in [-0.4, -0.2) is 37.4 Å². The molecule has 0 heterocycles. The van der Waals surface area contributed by atoms with Gasteiger partial charge in [-0.1, -0.05) is 29.3 Å². The zero-order valence-electron chi connectivity index (χ0n) is 12.8. The molecule has 0 aliphatic carbocycles. The molecule has 0 aliphatic heterocycles. The Hall–Kier alpha value is -1.52. The number of hydrogen-bond donors (Lipinski definition) is 0. The number of hydrogen-bond acceptors (Lipinski definition) is 4. The summed E-state index contributed by atoms with van der Waals surface area (Å²) in [6, 6.07) is 4.96. The molecule has 0 spiro atoms. The molecule has 0 saturated heterocycles. The van der Waals surface area contributed by atoms with Crippen molar-refractivity contribution in [3.8, 4) is 0 Å². The minimum atomic E-state index is -0.921. The van der Waals surface area contributed by atoms with Crippen LogP contribution in [0.2, 0.25) is 10.0 Å². The van der Waals surface area contributed by atoms with Crippen LogP contribution in [0.5, 0.6) is 0 Å². The van der Waals surface area contributed by atoms with Gasteiger partial charge in [0.2, 0.25) is 0 Å². The second kappa shape index (κ2) is 8.81. The van der Waals surface area contributed by atoms with Gasteiger partial charge in [0, 0.05) is 30.3 Å². The number of carbonyl (C=O) groups is 2. The van der Waals surface area contributed by atoms with Gasteiger partial charge in [-0.15, -0.1) is 0 Å². The standard InChI is InChI=1S/C16H19Cl2NO3/c1-4-22-16(21)13(15(20)7-8-19(2)3)9-11-5-6-12(17)10-14(11)18/h5-8,10,13H,4,9H2,1-3H3/b8-7+. The van der Waals surface area contributed by atoms with Crippen LogP contribution in [0.3, 0.4) is 0 Å². The quantitative estimate of drug-likeness (QED) is 0.432. The van der Waals surface area contributed by atoms with Crippen molar-refractivity contribution in [3.63, 3.8) is 0 Å². The maximum absolute atomic E-state index is 12.3. The highest BCUT2D eigenvalue weighted by Gasteiger charge is 2.27. The fraction of sp³-hybridized carbons (Fsp3) is 0.375. The van der Waals surface area contributed by atoms with Gasteiger partial charge in [-0.2, -0.15) is 0 Å². The average Bonchev–Trinajstić information content (AvgIpc) is 2.44. The molecule has 1 aromatic carbocycles. The molecule has 120 valence electrons. The molecular weight excluding hydrogens is 325 g/mol. The summed E-state index contributed by atoms with van der Waals surface area (Å²) in [5, 5.41) is 0.923. The SMILES string of the molecule is CCOC(=O)C(Cc1ccc(Cl)cc1Cl)C(=O)/C=C/N(C)C. The van der Waals surface area contributed by atoms with Gasteiger partial charge in [-0.05, 0) is 37.1 Å². The molecule has 1 rings (SSSR count). The third-order valence-electron chi connectivity index (χ3n) is 2.89. The lowest BCUT2D eigenvalue weighted by molar-refractivity contribution is -0.150. The molecular formula is C16H19Cl2NO3. The van der Waals surface area contributed by atoms with Crippen LogP contribution in [0.15, 0.2) is 30.5 Å². The first-order valence-electron chi connectivity index (χ1n) is 6.84. The number of esters is 1. The third-order valence-corrected chi connectivity index (χ3v) is 3.48. The van der Waals surface area contributed by atoms with Gasteiger partial charge in [0.15, 0.2) is 5.78 Å². The molecule has 0 aromatic heterocycles. The molecule has 0 bridgehead atoms. The van der Waals surface area contributed by atoms with E-state index in [1.165, 1.54) is 6.08 Å². The van der Waals surface area contributed by atoms with Gasteiger partial charge in [0.05, 0.1) is 6.61 Å². The lowest BCUT2D eigenvalue weighted by atomic mass is 9.95. The van der Waals surface area contributed by atoms with Gasteiger partial charge in [0.25, 0.3) is 0 Å². The highest BCUT2D eigenvalue weighted by molar-refractivity contribution is 6.35. The molecule has 0 saturated carbocycles. The number of ketones is 1. The van der Waals surface area contributed by atoms with Gasteiger partial charge in [-0.25, -0.2) is 0 Å². The number of rotatable bonds is 7. The van der Waals surface area contributed by atoms with E-state index in [1.54, 1.807) is 50.3 Å². The molecule has 0 N–H and O–H groups in total. The van der Waals surface area contributed by atoms with Crippen molar-refractivity contribution in [2.75, 3.05) is 20.7 Å². The topological polar surface area (TPSA) is 46.6 Å². The Balaban J connectivity index is 2.99. The van der Waals surface area contributed by atoms with Crippen molar-refractivity contribution in [1.82, 2.24) is 4.90 Å². The summed E-state index contributed by atoms with van der Waals surface area (Å²) in [5.74, 6) is -1.80. The number of nitrogens with zero attached hydrogens (tertiary/aromatic N) is 1. The summed E-state index contributed by atoms with van der Waals surface area (Å²) in [5.41, 5.74) is 0.677. The Bertz CT molecular complexity index is 571. The van der Waals surface area contributed by atoms with E-state index in [4.69, 9.17) is 27.9 Å². The predicted octanol–water partition coefficient (Wildman–Crippen LogP) is 3.36. The molecule has 0 radical (unpaired) electrons. The Morgan fingerprint density at radius 3 is 2.55 bits per heavy atom. The van der Waals surface area contributed by atoms with Gasteiger partial charge >= 0.3 is 5.97 Å². The van der Waals surface area contributed by atoms with Crippen LogP contribution in [0.25, 0.3) is 0 Å². The fourth-order valence-corrected chi connectivity index (χ4v) is 2.27. The van der Waals surface area contributed by atoms with E-state index >= 15 is 0 Å². The molecule has 1 atom stereocenters. The number of benzene rings is 1. The third kappa shape index (κ3) is 5.70. The summed E-state index contributed by atoms with van der Waals surface area (Å²) >= 11 is 12.0. The lowest BCUT2D eigenvalue weighted by Gasteiger charge is -2.14. The molecule has 0 aliphatic rings. The maximum atomic E-state index is 12.3. The Morgan fingerprint density at radius 2 is 2.00 bits per heavy atom. The number of allylic oxidation sites excluding steroid dienone is 1. The van der Waals surface area contributed by atoms with Crippen LogP contribution >= 0.6 is 23.2 Å². The fourth-order valence-electron chi connectivity index (χ4n) is 1.79. The normalized spacial score (nSPS) is 12.2. The first-order valence-corrected chi connectivity index (χ1v) is 7.59. The first-order chi connectivity index (χ1) is 10.3. The van der Waals surface area contributed by atoms with Crippen LogP contribution in [0, 0.1) is 5.92 Å². The van der Waals surface area contributed by atoms with Crippen molar-refractivity contribution in [2.24, 2.45) is 5.92 Å². The molecule has 4 nitrogen and oxygen atoms in total. The number of halogens is 2. The van der Waals surface area contributed by atoms with Crippen molar-refractivity contribution in [3.05, 3.63) is 46.1 Å². The Labute approximate surface area is 140 Å². The Morgan fingerprint density at radius 1 is 1.32 bits per heavy atom. The van der Waals surface area contributed by atoms with E-state index in [0.29, 0.717) is 15.6 Å². The Kier molecular flexibility index (Phi) is 7.42. The number of ether oxygens (including phenoxy) is 1. The summed E-state index contributed by atoms with van der Waals surface area (Å²) in [7, 11) is 3.58. The predicted molar refractivity (Wildman–Crippen MR) is 88.1 cm³/mol. The number of carbonyl (C=O) groups excluding carboxylic acids is 2. The first kappa shape index (κ1) is 18.5. The molecule has 1 unspecified atom stereocenters. The zero-order valence-corrected chi connectivity index (χ0v) is 14.3. The van der Waals surface area contributed by atoms with Gasteiger partial charge in [-0.3, -0.25) is 9.59 Å². The average molecular weight is 344 g/mol. The molecule has 0 fully saturated rings. The van der Waals surface area contributed by atoms with Crippen molar-refractivity contribution < 1.29 is 14.3 Å². The monoisotopic (exact) mass is 343 g/mol. The summed E-state index contributed by atoms with van der Waals surface area (Å²) < 4.78 is 4.99. The molecule has 6 heteroatoms. The van der Waals surface area contributed by atoms with Crippen molar-refractivity contribution >= 4 is 35.0 Å². The van der Waals surface area contributed by atoms with E-state index in [2.05, 4.69) is 0 Å². The van der Waals surface area contributed by atoms with Crippen molar-refractivity contribution in [1.29, 1.82) is 0 Å². The van der Waals surface area contributed by atoms with E-state index in [1.807, 2.05) is 0 Å². The molecule has 0 amide bonds. The van der Waals surface area contributed by atoms with Crippen LogP contribution in [0.4, 0.5) is 0 Å². The van der Waals surface area contributed by atoms with Crippen molar-refractivity contribution in [2.45, 2.75) is 13.3 Å². The molecule has 22 heavy (non-hydrogen) atoms. The zero-order chi connectivity index (χ0) is 16.7. The second-order valence-corrected chi connectivity index (χ2v) is 5.77.